The maximum atomic E-state index is 9.62. The highest BCUT2D eigenvalue weighted by molar-refractivity contribution is 6.33. The van der Waals surface area contributed by atoms with Gasteiger partial charge in [0, 0.05) is 13.1 Å². The van der Waals surface area contributed by atoms with Gasteiger partial charge in [-0.05, 0) is 55.7 Å². The Bertz CT molecular complexity index is 445. The molecule has 1 saturated heterocycles. The highest BCUT2D eigenvalue weighted by Gasteiger charge is 2.21. The van der Waals surface area contributed by atoms with E-state index in [1.54, 1.807) is 6.92 Å². The molecule has 2 rings (SSSR count). The first-order chi connectivity index (χ1) is 9.49. The molecule has 1 unspecified atom stereocenters. The van der Waals surface area contributed by atoms with Crippen molar-refractivity contribution in [3.05, 3.63) is 28.8 Å². The monoisotopic (exact) mass is 295 g/mol. The molecule has 20 heavy (non-hydrogen) atoms. The topological polar surface area (TPSA) is 23.5 Å². The molecule has 0 amide bonds. The van der Waals surface area contributed by atoms with Gasteiger partial charge in [0.15, 0.2) is 0 Å². The van der Waals surface area contributed by atoms with Crippen LogP contribution in [0.25, 0.3) is 0 Å². The number of hydrogen-bond acceptors (Lipinski definition) is 2. The normalized spacial score (nSPS) is 21.9. The molecular formula is C17H26ClNO. The summed E-state index contributed by atoms with van der Waals surface area (Å²) < 4.78 is 0. The third-order valence-corrected chi connectivity index (χ3v) is 4.81. The summed E-state index contributed by atoms with van der Waals surface area (Å²) in [5, 5.41) is 10.4. The van der Waals surface area contributed by atoms with Gasteiger partial charge in [-0.25, -0.2) is 0 Å². The number of aliphatic hydroxyl groups excluding tert-OH is 1. The van der Waals surface area contributed by atoms with E-state index in [0.29, 0.717) is 0 Å². The summed E-state index contributed by atoms with van der Waals surface area (Å²) in [4.78, 5) is 2.40. The molecule has 1 aliphatic heterocycles. The molecule has 0 aromatic heterocycles. The Balaban J connectivity index is 2.12. The van der Waals surface area contributed by atoms with Crippen molar-refractivity contribution in [3.8, 4) is 0 Å². The lowest BCUT2D eigenvalue weighted by molar-refractivity contribution is 0.199. The van der Waals surface area contributed by atoms with Crippen molar-refractivity contribution >= 4 is 17.3 Å². The number of aliphatic hydroxyl groups is 1. The summed E-state index contributed by atoms with van der Waals surface area (Å²) in [6, 6.07) is 5.93. The van der Waals surface area contributed by atoms with Crippen LogP contribution in [0.4, 0.5) is 5.69 Å². The zero-order valence-electron chi connectivity index (χ0n) is 12.8. The van der Waals surface area contributed by atoms with Crippen molar-refractivity contribution in [1.29, 1.82) is 0 Å². The molecule has 1 aromatic rings. The largest absolute Gasteiger partial charge is 0.389 e. The van der Waals surface area contributed by atoms with Crippen molar-refractivity contribution in [2.24, 2.45) is 11.8 Å². The maximum absolute atomic E-state index is 9.62. The van der Waals surface area contributed by atoms with Gasteiger partial charge >= 0.3 is 0 Å². The molecule has 112 valence electrons. The highest BCUT2D eigenvalue weighted by atomic mass is 35.5. The van der Waals surface area contributed by atoms with Crippen molar-refractivity contribution in [2.45, 2.75) is 46.1 Å². The van der Waals surface area contributed by atoms with E-state index in [0.717, 1.165) is 41.2 Å². The molecule has 1 N–H and O–H groups in total. The number of halogens is 1. The molecular weight excluding hydrogens is 270 g/mol. The van der Waals surface area contributed by atoms with Gasteiger partial charge in [-0.3, -0.25) is 0 Å². The van der Waals surface area contributed by atoms with Crippen molar-refractivity contribution in [2.75, 3.05) is 18.0 Å². The van der Waals surface area contributed by atoms with Gasteiger partial charge < -0.3 is 10.0 Å². The van der Waals surface area contributed by atoms with E-state index in [4.69, 9.17) is 11.6 Å². The zero-order chi connectivity index (χ0) is 14.7. The van der Waals surface area contributed by atoms with Crippen molar-refractivity contribution in [3.63, 3.8) is 0 Å². The molecule has 2 nitrogen and oxygen atoms in total. The predicted octanol–water partition coefficient (Wildman–Crippen LogP) is 4.66. The minimum absolute atomic E-state index is 0.462. The highest BCUT2D eigenvalue weighted by Crippen LogP contribution is 2.32. The fourth-order valence-electron chi connectivity index (χ4n) is 3.07. The van der Waals surface area contributed by atoms with Crippen LogP contribution in [0, 0.1) is 11.8 Å². The summed E-state index contributed by atoms with van der Waals surface area (Å²) >= 11 is 6.41. The quantitative estimate of drug-likeness (QED) is 0.877. The molecule has 0 aliphatic carbocycles. The Labute approximate surface area is 127 Å². The van der Waals surface area contributed by atoms with E-state index in [1.807, 2.05) is 12.1 Å². The van der Waals surface area contributed by atoms with Crippen molar-refractivity contribution < 1.29 is 5.11 Å². The Morgan fingerprint density at radius 3 is 2.55 bits per heavy atom. The van der Waals surface area contributed by atoms with Crippen LogP contribution >= 0.6 is 11.6 Å². The Hall–Kier alpha value is -0.730. The molecule has 1 aromatic carbocycles. The first-order valence-corrected chi connectivity index (χ1v) is 8.09. The number of nitrogens with zero attached hydrogens (tertiary/aromatic N) is 1. The van der Waals surface area contributed by atoms with Gasteiger partial charge in [-0.15, -0.1) is 0 Å². The molecule has 2 atom stereocenters. The van der Waals surface area contributed by atoms with E-state index in [1.165, 1.54) is 19.3 Å². The maximum Gasteiger partial charge on any atom is 0.0762 e. The van der Waals surface area contributed by atoms with Crippen LogP contribution in [0.1, 0.15) is 51.7 Å². The van der Waals surface area contributed by atoms with Crippen LogP contribution in [0.5, 0.6) is 0 Å². The van der Waals surface area contributed by atoms with Gasteiger partial charge in [-0.1, -0.05) is 31.5 Å². The van der Waals surface area contributed by atoms with Crippen LogP contribution in [0.2, 0.25) is 5.02 Å². The molecule has 3 heteroatoms. The number of benzene rings is 1. The summed E-state index contributed by atoms with van der Waals surface area (Å²) in [5.74, 6) is 1.60. The first kappa shape index (κ1) is 15.7. The third kappa shape index (κ3) is 3.67. The van der Waals surface area contributed by atoms with E-state index in [9.17, 15) is 5.11 Å². The van der Waals surface area contributed by atoms with Crippen LogP contribution < -0.4 is 4.90 Å². The second kappa shape index (κ2) is 6.82. The van der Waals surface area contributed by atoms with Crippen LogP contribution in [0.15, 0.2) is 18.2 Å². The van der Waals surface area contributed by atoms with Gasteiger partial charge in [0.25, 0.3) is 0 Å². The summed E-state index contributed by atoms with van der Waals surface area (Å²) in [6.45, 7) is 8.58. The summed E-state index contributed by atoms with van der Waals surface area (Å²) in [7, 11) is 0. The lowest BCUT2D eigenvalue weighted by Crippen LogP contribution is -2.24. The first-order valence-electron chi connectivity index (χ1n) is 7.71. The minimum Gasteiger partial charge on any atom is -0.389 e. The van der Waals surface area contributed by atoms with E-state index >= 15 is 0 Å². The van der Waals surface area contributed by atoms with E-state index in [-0.39, 0.29) is 0 Å². The van der Waals surface area contributed by atoms with Crippen LogP contribution in [-0.4, -0.2) is 18.2 Å². The van der Waals surface area contributed by atoms with Gasteiger partial charge in [0.2, 0.25) is 0 Å². The molecule has 0 spiro atoms. The Kier molecular flexibility index (Phi) is 5.34. The number of rotatable bonds is 3. The van der Waals surface area contributed by atoms with Crippen molar-refractivity contribution in [1.82, 2.24) is 0 Å². The molecule has 1 fully saturated rings. The average Bonchev–Trinajstić information content (AvgIpc) is 2.64. The molecule has 1 aliphatic rings. The minimum atomic E-state index is -0.462. The van der Waals surface area contributed by atoms with Gasteiger partial charge in [-0.2, -0.15) is 0 Å². The SMILES string of the molecule is CC(C)C1CCCN(c2ccc([C@@H](C)O)cc2Cl)CC1. The zero-order valence-corrected chi connectivity index (χ0v) is 13.5. The van der Waals surface area contributed by atoms with Gasteiger partial charge in [0.05, 0.1) is 16.8 Å². The molecule has 1 heterocycles. The van der Waals surface area contributed by atoms with Gasteiger partial charge in [0.1, 0.15) is 0 Å². The Morgan fingerprint density at radius 1 is 1.20 bits per heavy atom. The fraction of sp³-hybridized carbons (Fsp3) is 0.647. The lowest BCUT2D eigenvalue weighted by atomic mass is 9.89. The molecule has 0 saturated carbocycles. The second-order valence-corrected chi connectivity index (χ2v) is 6.72. The Morgan fingerprint density at radius 2 is 1.95 bits per heavy atom. The van der Waals surface area contributed by atoms with Crippen LogP contribution in [0.3, 0.4) is 0 Å². The fourth-order valence-corrected chi connectivity index (χ4v) is 3.38. The van der Waals surface area contributed by atoms with Crippen LogP contribution in [-0.2, 0) is 0 Å². The molecule has 0 radical (unpaired) electrons. The summed E-state index contributed by atoms with van der Waals surface area (Å²) in [5.41, 5.74) is 1.99. The summed E-state index contributed by atoms with van der Waals surface area (Å²) in [6.07, 6.45) is 3.33. The average molecular weight is 296 g/mol. The standard InChI is InChI=1S/C17H26ClNO/c1-12(2)14-5-4-9-19(10-8-14)17-7-6-15(13(3)20)11-16(17)18/h6-7,11-14,20H,4-5,8-10H2,1-3H3/t13-,14?/m1/s1. The number of anilines is 1. The van der Waals surface area contributed by atoms with E-state index in [2.05, 4.69) is 24.8 Å². The molecule has 0 bridgehead atoms. The smallest absolute Gasteiger partial charge is 0.0762 e. The lowest BCUT2D eigenvalue weighted by Gasteiger charge is -2.25. The van der Waals surface area contributed by atoms with E-state index < -0.39 is 6.10 Å². The number of hydrogen-bond donors (Lipinski definition) is 1. The predicted molar refractivity (Wildman–Crippen MR) is 86.5 cm³/mol. The third-order valence-electron chi connectivity index (χ3n) is 4.51. The second-order valence-electron chi connectivity index (χ2n) is 6.31.